The Hall–Kier alpha value is -4.14. The van der Waals surface area contributed by atoms with E-state index in [9.17, 15) is 9.50 Å². The first-order valence-electron chi connectivity index (χ1n) is 11.3. The van der Waals surface area contributed by atoms with Crippen molar-refractivity contribution in [1.82, 2.24) is 8.75 Å². The molecule has 0 aliphatic rings. The van der Waals surface area contributed by atoms with Gasteiger partial charge in [0.2, 0.25) is 0 Å². The van der Waals surface area contributed by atoms with Crippen LogP contribution in [0.5, 0.6) is 11.5 Å². The maximum Gasteiger partial charge on any atom is 0.135 e. The molecule has 2 aromatic heterocycles. The Balaban J connectivity index is 1.38. The molecule has 4 aromatic carbocycles. The first-order valence-corrected chi connectivity index (χ1v) is 12.9. The molecule has 0 amide bonds. The van der Waals surface area contributed by atoms with Gasteiger partial charge in [-0.15, -0.1) is 11.3 Å². The topological polar surface area (TPSA) is 55.2 Å². The lowest BCUT2D eigenvalue weighted by Crippen LogP contribution is -1.89. The van der Waals surface area contributed by atoms with Crippen LogP contribution in [0.3, 0.4) is 0 Å². The zero-order valence-corrected chi connectivity index (χ0v) is 21.0. The standard InChI is InChI=1S/C29H18F2N2O2S2/c1-35-19-7-9-22(25(31)15-19)26-12-13-27(36-26)23-11-10-21(28-29(23)33-37-32-28)20-8-4-17(14-24(20)30)16-2-5-18(34)6-3-16/h2-15,34H,1H3. The van der Waals surface area contributed by atoms with Gasteiger partial charge in [-0.1, -0.05) is 36.4 Å². The van der Waals surface area contributed by atoms with Crippen molar-refractivity contribution in [2.45, 2.75) is 0 Å². The molecule has 0 fully saturated rings. The third-order valence-electron chi connectivity index (χ3n) is 6.19. The lowest BCUT2D eigenvalue weighted by molar-refractivity contribution is 0.411. The molecule has 0 saturated heterocycles. The molecule has 0 aliphatic carbocycles. The monoisotopic (exact) mass is 528 g/mol. The molecule has 0 spiro atoms. The predicted molar refractivity (Wildman–Crippen MR) is 145 cm³/mol. The molecule has 6 aromatic rings. The quantitative estimate of drug-likeness (QED) is 0.244. The van der Waals surface area contributed by atoms with E-state index in [2.05, 4.69) is 8.75 Å². The Morgan fingerprint density at radius 1 is 0.649 bits per heavy atom. The second-order valence-corrected chi connectivity index (χ2v) is 9.99. The van der Waals surface area contributed by atoms with Gasteiger partial charge in [-0.2, -0.15) is 8.75 Å². The van der Waals surface area contributed by atoms with Crippen LogP contribution in [0.15, 0.2) is 84.9 Å². The maximum atomic E-state index is 15.3. The van der Waals surface area contributed by atoms with Crippen molar-refractivity contribution >= 4 is 34.1 Å². The SMILES string of the molecule is COc1ccc(-c2ccc(-c3ccc(-c4ccc(-c5ccc(O)cc5)cc4F)c4nsnc34)s2)c(F)c1. The summed E-state index contributed by atoms with van der Waals surface area (Å²) < 4.78 is 44.0. The van der Waals surface area contributed by atoms with Crippen LogP contribution in [0.4, 0.5) is 8.78 Å². The van der Waals surface area contributed by atoms with Gasteiger partial charge in [-0.25, -0.2) is 8.78 Å². The summed E-state index contributed by atoms with van der Waals surface area (Å²) in [5.74, 6) is -0.102. The smallest absolute Gasteiger partial charge is 0.135 e. The van der Waals surface area contributed by atoms with E-state index >= 15 is 4.39 Å². The number of ether oxygens (including phenoxy) is 1. The highest BCUT2D eigenvalue weighted by Gasteiger charge is 2.18. The zero-order valence-electron chi connectivity index (χ0n) is 19.4. The number of hydrogen-bond acceptors (Lipinski definition) is 6. The second kappa shape index (κ2) is 9.38. The molecule has 0 saturated carbocycles. The molecular weight excluding hydrogens is 510 g/mol. The number of hydrogen-bond donors (Lipinski definition) is 1. The fourth-order valence-corrected chi connectivity index (χ4v) is 5.93. The number of halogens is 2. The van der Waals surface area contributed by atoms with Gasteiger partial charge in [0.25, 0.3) is 0 Å². The number of benzene rings is 4. The number of nitrogens with zero attached hydrogens (tertiary/aromatic N) is 2. The van der Waals surface area contributed by atoms with Crippen molar-refractivity contribution in [2.75, 3.05) is 7.11 Å². The Labute approximate surface area is 219 Å². The number of methoxy groups -OCH3 is 1. The highest BCUT2D eigenvalue weighted by Crippen LogP contribution is 2.41. The normalized spacial score (nSPS) is 11.2. The first kappa shape index (κ1) is 23.3. The predicted octanol–water partition coefficient (Wildman–Crippen LogP) is 8.41. The summed E-state index contributed by atoms with van der Waals surface area (Å²) in [6, 6.07) is 24.1. The highest BCUT2D eigenvalue weighted by molar-refractivity contribution is 7.19. The van der Waals surface area contributed by atoms with E-state index in [0.29, 0.717) is 39.0 Å². The molecule has 8 heteroatoms. The summed E-state index contributed by atoms with van der Waals surface area (Å²) >= 11 is 2.53. The number of phenolic OH excluding ortho intramolecular Hbond substituents is 1. The second-order valence-electron chi connectivity index (χ2n) is 8.37. The number of aromatic nitrogens is 2. The van der Waals surface area contributed by atoms with E-state index in [-0.39, 0.29) is 17.4 Å². The highest BCUT2D eigenvalue weighted by atomic mass is 32.1. The maximum absolute atomic E-state index is 15.3. The van der Waals surface area contributed by atoms with Crippen molar-refractivity contribution in [1.29, 1.82) is 0 Å². The molecule has 0 bridgehead atoms. The van der Waals surface area contributed by atoms with E-state index in [4.69, 9.17) is 4.74 Å². The Morgan fingerprint density at radius 3 is 1.95 bits per heavy atom. The minimum atomic E-state index is -0.374. The summed E-state index contributed by atoms with van der Waals surface area (Å²) in [6.07, 6.45) is 0. The van der Waals surface area contributed by atoms with Gasteiger partial charge in [-0.3, -0.25) is 0 Å². The van der Waals surface area contributed by atoms with Crippen LogP contribution < -0.4 is 4.74 Å². The fraction of sp³-hybridized carbons (Fsp3) is 0.0345. The molecule has 2 heterocycles. The molecule has 1 N–H and O–H groups in total. The first-order chi connectivity index (χ1) is 18.0. The molecule has 0 radical (unpaired) electrons. The molecule has 0 unspecified atom stereocenters. The van der Waals surface area contributed by atoms with Gasteiger partial charge >= 0.3 is 0 Å². The van der Waals surface area contributed by atoms with E-state index in [1.54, 1.807) is 42.5 Å². The molecule has 0 aliphatic heterocycles. The molecule has 0 atom stereocenters. The summed E-state index contributed by atoms with van der Waals surface area (Å²) in [6.45, 7) is 0. The Kier molecular flexibility index (Phi) is 5.90. The van der Waals surface area contributed by atoms with Crippen LogP contribution in [-0.4, -0.2) is 21.0 Å². The number of phenols is 1. The third kappa shape index (κ3) is 4.24. The largest absolute Gasteiger partial charge is 0.508 e. The Morgan fingerprint density at radius 2 is 1.24 bits per heavy atom. The van der Waals surface area contributed by atoms with Crippen LogP contribution in [0.1, 0.15) is 0 Å². The summed E-state index contributed by atoms with van der Waals surface area (Å²) in [5.41, 5.74) is 5.25. The van der Waals surface area contributed by atoms with E-state index in [1.165, 1.54) is 30.6 Å². The molecule has 6 rings (SSSR count). The third-order valence-corrected chi connectivity index (χ3v) is 7.87. The van der Waals surface area contributed by atoms with Crippen LogP contribution in [0, 0.1) is 11.6 Å². The summed E-state index contributed by atoms with van der Waals surface area (Å²) in [7, 11) is 1.50. The van der Waals surface area contributed by atoms with Gasteiger partial charge in [0, 0.05) is 38.1 Å². The Bertz CT molecular complexity index is 1760. The minimum absolute atomic E-state index is 0.159. The van der Waals surface area contributed by atoms with Gasteiger partial charge in [-0.05, 0) is 53.6 Å². The van der Waals surface area contributed by atoms with Crippen molar-refractivity contribution in [3.05, 3.63) is 96.6 Å². The van der Waals surface area contributed by atoms with Gasteiger partial charge < -0.3 is 9.84 Å². The lowest BCUT2D eigenvalue weighted by Gasteiger charge is -2.09. The van der Waals surface area contributed by atoms with Crippen LogP contribution >= 0.6 is 23.1 Å². The van der Waals surface area contributed by atoms with Crippen molar-refractivity contribution in [2.24, 2.45) is 0 Å². The molecule has 182 valence electrons. The van der Waals surface area contributed by atoms with E-state index in [0.717, 1.165) is 32.6 Å². The average Bonchev–Trinajstić information content (AvgIpc) is 3.59. The summed E-state index contributed by atoms with van der Waals surface area (Å²) in [5, 5.41) is 9.52. The number of rotatable bonds is 5. The summed E-state index contributed by atoms with van der Waals surface area (Å²) in [4.78, 5) is 1.70. The number of aromatic hydroxyl groups is 1. The zero-order chi connectivity index (χ0) is 25.5. The van der Waals surface area contributed by atoms with Crippen molar-refractivity contribution in [3.8, 4) is 54.6 Å². The van der Waals surface area contributed by atoms with Crippen LogP contribution in [0.2, 0.25) is 0 Å². The van der Waals surface area contributed by atoms with Gasteiger partial charge in [0.15, 0.2) is 0 Å². The van der Waals surface area contributed by atoms with E-state index < -0.39 is 0 Å². The number of fused-ring (bicyclic) bond motifs is 1. The van der Waals surface area contributed by atoms with E-state index in [1.807, 2.05) is 30.3 Å². The molecule has 4 nitrogen and oxygen atoms in total. The average molecular weight is 529 g/mol. The van der Waals surface area contributed by atoms with Crippen molar-refractivity contribution in [3.63, 3.8) is 0 Å². The minimum Gasteiger partial charge on any atom is -0.508 e. The van der Waals surface area contributed by atoms with Crippen LogP contribution in [-0.2, 0) is 0 Å². The van der Waals surface area contributed by atoms with Crippen LogP contribution in [0.25, 0.3) is 54.2 Å². The molecular formula is C29H18F2N2O2S2. The van der Waals surface area contributed by atoms with Gasteiger partial charge in [0.1, 0.15) is 34.2 Å². The van der Waals surface area contributed by atoms with Gasteiger partial charge in [0.05, 0.1) is 18.8 Å². The number of thiophene rings is 1. The lowest BCUT2D eigenvalue weighted by atomic mass is 9.97. The fourth-order valence-electron chi connectivity index (χ4n) is 4.30. The molecule has 37 heavy (non-hydrogen) atoms. The van der Waals surface area contributed by atoms with Crippen molar-refractivity contribution < 1.29 is 18.6 Å².